The average Bonchev–Trinajstić information content (AvgIpc) is 3.01. The summed E-state index contributed by atoms with van der Waals surface area (Å²) in [6.45, 7) is 6.09. The van der Waals surface area contributed by atoms with Crippen LogP contribution in [0.1, 0.15) is 35.7 Å². The molecule has 1 aliphatic heterocycles. The van der Waals surface area contributed by atoms with Crippen molar-refractivity contribution in [2.24, 2.45) is 0 Å². The number of H-pyrrole nitrogens is 1. The van der Waals surface area contributed by atoms with E-state index in [1.807, 2.05) is 32.3 Å². The highest BCUT2D eigenvalue weighted by Crippen LogP contribution is 2.34. The smallest absolute Gasteiger partial charge is 0.150 e. The molecule has 0 aliphatic carbocycles. The van der Waals surface area contributed by atoms with Crippen molar-refractivity contribution in [2.45, 2.75) is 32.6 Å². The summed E-state index contributed by atoms with van der Waals surface area (Å²) in [5.41, 5.74) is 4.39. The second kappa shape index (κ2) is 5.65. The molecule has 4 rings (SSSR count). The fourth-order valence-corrected chi connectivity index (χ4v) is 3.54. The first kappa shape index (κ1) is 14.2. The number of aromatic amines is 1. The largest absolute Gasteiger partial charge is 0.355 e. The molecule has 0 atom stereocenters. The predicted octanol–water partition coefficient (Wildman–Crippen LogP) is 3.35. The number of fused-ring (bicyclic) bond motifs is 1. The third-order valence-corrected chi connectivity index (χ3v) is 4.77. The van der Waals surface area contributed by atoms with Gasteiger partial charge >= 0.3 is 0 Å². The van der Waals surface area contributed by atoms with Crippen LogP contribution in [-0.4, -0.2) is 33.0 Å². The summed E-state index contributed by atoms with van der Waals surface area (Å²) in [4.78, 5) is 19.2. The van der Waals surface area contributed by atoms with Gasteiger partial charge < -0.3 is 9.88 Å². The van der Waals surface area contributed by atoms with E-state index in [1.165, 1.54) is 10.9 Å². The lowest BCUT2D eigenvalue weighted by Crippen LogP contribution is -2.34. The molecule has 1 fully saturated rings. The number of nitrogens with zero attached hydrogens (tertiary/aromatic N) is 4. The molecule has 4 heterocycles. The van der Waals surface area contributed by atoms with Gasteiger partial charge in [0.1, 0.15) is 11.5 Å². The number of nitrogens with one attached hydrogen (secondary N) is 1. The average molecular weight is 307 g/mol. The Labute approximate surface area is 135 Å². The van der Waals surface area contributed by atoms with Gasteiger partial charge in [0.25, 0.3) is 0 Å². The van der Waals surface area contributed by atoms with Gasteiger partial charge in [-0.2, -0.15) is 0 Å². The number of anilines is 1. The maximum atomic E-state index is 4.68. The Hall–Kier alpha value is -2.43. The second-order valence-electron chi connectivity index (χ2n) is 6.33. The first-order valence-corrected chi connectivity index (χ1v) is 8.19. The van der Waals surface area contributed by atoms with Gasteiger partial charge in [-0.25, -0.2) is 9.97 Å². The number of hydrogen-bond acceptors (Lipinski definition) is 4. The van der Waals surface area contributed by atoms with E-state index in [2.05, 4.69) is 37.1 Å². The normalized spacial score (nSPS) is 16.2. The second-order valence-corrected chi connectivity index (χ2v) is 6.33. The van der Waals surface area contributed by atoms with Crippen molar-refractivity contribution in [1.29, 1.82) is 0 Å². The van der Waals surface area contributed by atoms with Crippen LogP contribution < -0.4 is 4.90 Å². The van der Waals surface area contributed by atoms with E-state index in [1.54, 1.807) is 0 Å². The van der Waals surface area contributed by atoms with E-state index in [9.17, 15) is 0 Å². The van der Waals surface area contributed by atoms with Gasteiger partial charge in [-0.15, -0.1) is 0 Å². The van der Waals surface area contributed by atoms with E-state index in [4.69, 9.17) is 0 Å². The summed E-state index contributed by atoms with van der Waals surface area (Å²) in [5.74, 6) is 1.63. The molecule has 1 N–H and O–H groups in total. The van der Waals surface area contributed by atoms with Crippen LogP contribution in [0.3, 0.4) is 0 Å². The molecule has 0 unspecified atom stereocenters. The molecule has 118 valence electrons. The van der Waals surface area contributed by atoms with E-state index in [0.29, 0.717) is 5.92 Å². The number of aryl methyl sites for hydroxylation is 2. The molecule has 0 aromatic carbocycles. The Bertz CT molecular complexity index is 830. The Morgan fingerprint density at radius 3 is 2.83 bits per heavy atom. The van der Waals surface area contributed by atoms with Crippen molar-refractivity contribution in [2.75, 3.05) is 18.0 Å². The zero-order chi connectivity index (χ0) is 15.8. The summed E-state index contributed by atoms with van der Waals surface area (Å²) in [5, 5.41) is 1.26. The van der Waals surface area contributed by atoms with Crippen LogP contribution >= 0.6 is 0 Å². The standard InChI is InChI=1S/C18H21N5/c1-12-10-20-13(2)18(22-12)23-8-5-14(6-9-23)16-11-21-17-15(16)4-3-7-19-17/h3-4,7,10-11,14H,5-6,8-9H2,1-2H3,(H,19,21). The van der Waals surface area contributed by atoms with Gasteiger partial charge in [0, 0.05) is 37.1 Å². The Morgan fingerprint density at radius 1 is 1.17 bits per heavy atom. The van der Waals surface area contributed by atoms with Gasteiger partial charge in [0.15, 0.2) is 0 Å². The van der Waals surface area contributed by atoms with E-state index in [0.717, 1.165) is 48.8 Å². The third kappa shape index (κ3) is 2.56. The van der Waals surface area contributed by atoms with Crippen LogP contribution in [0.5, 0.6) is 0 Å². The van der Waals surface area contributed by atoms with Crippen molar-refractivity contribution in [3.8, 4) is 0 Å². The van der Waals surface area contributed by atoms with Gasteiger partial charge in [-0.3, -0.25) is 4.98 Å². The molecule has 1 saturated heterocycles. The zero-order valence-corrected chi connectivity index (χ0v) is 13.6. The molecule has 5 nitrogen and oxygen atoms in total. The molecule has 3 aromatic rings. The molecule has 0 saturated carbocycles. The highest BCUT2D eigenvalue weighted by Gasteiger charge is 2.24. The summed E-state index contributed by atoms with van der Waals surface area (Å²) in [6.07, 6.45) is 8.08. The maximum absolute atomic E-state index is 4.68. The Morgan fingerprint density at radius 2 is 2.00 bits per heavy atom. The third-order valence-electron chi connectivity index (χ3n) is 4.77. The predicted molar refractivity (Wildman–Crippen MR) is 91.8 cm³/mol. The van der Waals surface area contributed by atoms with Gasteiger partial charge in [-0.1, -0.05) is 0 Å². The van der Waals surface area contributed by atoms with Crippen LogP contribution in [0.2, 0.25) is 0 Å². The molecule has 0 bridgehead atoms. The lowest BCUT2D eigenvalue weighted by Gasteiger charge is -2.33. The van der Waals surface area contributed by atoms with Crippen LogP contribution in [-0.2, 0) is 0 Å². The van der Waals surface area contributed by atoms with Crippen LogP contribution in [0, 0.1) is 13.8 Å². The van der Waals surface area contributed by atoms with Crippen molar-refractivity contribution in [3.63, 3.8) is 0 Å². The van der Waals surface area contributed by atoms with Crippen LogP contribution in [0.25, 0.3) is 11.0 Å². The van der Waals surface area contributed by atoms with E-state index < -0.39 is 0 Å². The highest BCUT2D eigenvalue weighted by atomic mass is 15.2. The monoisotopic (exact) mass is 307 g/mol. The minimum Gasteiger partial charge on any atom is -0.355 e. The lowest BCUT2D eigenvalue weighted by atomic mass is 9.89. The van der Waals surface area contributed by atoms with Crippen LogP contribution in [0.15, 0.2) is 30.7 Å². The lowest BCUT2D eigenvalue weighted by molar-refractivity contribution is 0.503. The van der Waals surface area contributed by atoms with E-state index >= 15 is 0 Å². The van der Waals surface area contributed by atoms with E-state index in [-0.39, 0.29) is 0 Å². The number of aromatic nitrogens is 4. The Balaban J connectivity index is 1.54. The Kier molecular flexibility index (Phi) is 3.48. The number of rotatable bonds is 2. The number of piperidine rings is 1. The molecule has 5 heteroatoms. The van der Waals surface area contributed by atoms with Gasteiger partial charge in [-0.05, 0) is 50.3 Å². The van der Waals surface area contributed by atoms with Gasteiger partial charge in [0.2, 0.25) is 0 Å². The van der Waals surface area contributed by atoms with Crippen molar-refractivity contribution in [1.82, 2.24) is 19.9 Å². The molecule has 1 aliphatic rings. The summed E-state index contributed by atoms with van der Waals surface area (Å²) in [6, 6.07) is 4.18. The quantitative estimate of drug-likeness (QED) is 0.789. The summed E-state index contributed by atoms with van der Waals surface area (Å²) < 4.78 is 0. The molecule has 23 heavy (non-hydrogen) atoms. The summed E-state index contributed by atoms with van der Waals surface area (Å²) >= 11 is 0. The molecule has 3 aromatic heterocycles. The van der Waals surface area contributed by atoms with Crippen molar-refractivity contribution >= 4 is 16.9 Å². The van der Waals surface area contributed by atoms with Crippen molar-refractivity contribution < 1.29 is 0 Å². The highest BCUT2D eigenvalue weighted by molar-refractivity contribution is 5.80. The SMILES string of the molecule is Cc1cnc(C)c(N2CCC(c3c[nH]c4ncccc34)CC2)n1. The molecule has 0 spiro atoms. The maximum Gasteiger partial charge on any atom is 0.150 e. The topological polar surface area (TPSA) is 57.7 Å². The molecular formula is C18H21N5. The molecular weight excluding hydrogens is 286 g/mol. The summed E-state index contributed by atoms with van der Waals surface area (Å²) in [7, 11) is 0. The minimum absolute atomic E-state index is 0.585. The fourth-order valence-electron chi connectivity index (χ4n) is 3.54. The molecule has 0 amide bonds. The first-order valence-electron chi connectivity index (χ1n) is 8.19. The first-order chi connectivity index (χ1) is 11.2. The number of pyridine rings is 1. The number of hydrogen-bond donors (Lipinski definition) is 1. The fraction of sp³-hybridized carbons (Fsp3) is 0.389. The van der Waals surface area contributed by atoms with Crippen LogP contribution in [0.4, 0.5) is 5.82 Å². The zero-order valence-electron chi connectivity index (χ0n) is 13.6. The molecule has 0 radical (unpaired) electrons. The van der Waals surface area contributed by atoms with Gasteiger partial charge in [0.05, 0.1) is 11.4 Å². The minimum atomic E-state index is 0.585. The van der Waals surface area contributed by atoms with Crippen molar-refractivity contribution in [3.05, 3.63) is 47.7 Å².